The molecule has 0 atom stereocenters. The summed E-state index contributed by atoms with van der Waals surface area (Å²) in [6, 6.07) is 15.9. The smallest absolute Gasteiger partial charge is 0.392 e. The van der Waals surface area contributed by atoms with Gasteiger partial charge in [0.1, 0.15) is 0 Å². The van der Waals surface area contributed by atoms with E-state index in [1.54, 1.807) is 24.3 Å². The molecule has 0 fully saturated rings. The van der Waals surface area contributed by atoms with Gasteiger partial charge < -0.3 is 14.8 Å². The first-order chi connectivity index (χ1) is 14.3. The number of aromatic nitrogens is 1. The Labute approximate surface area is 176 Å². The zero-order valence-electron chi connectivity index (χ0n) is 15.9. The van der Waals surface area contributed by atoms with E-state index in [-0.39, 0.29) is 19.8 Å². The summed E-state index contributed by atoms with van der Waals surface area (Å²) in [6.45, 7) is 0.0425. The van der Waals surface area contributed by atoms with E-state index in [1.807, 2.05) is 24.3 Å². The fourth-order valence-electron chi connectivity index (χ4n) is 2.50. The first-order valence-corrected chi connectivity index (χ1v) is 9.51. The Balaban J connectivity index is 0.000000269. The minimum atomic E-state index is -4.48. The van der Waals surface area contributed by atoms with Crippen LogP contribution in [0.25, 0.3) is 0 Å². The van der Waals surface area contributed by atoms with Crippen LogP contribution < -0.4 is 5.56 Å². The minimum Gasteiger partial charge on any atom is -0.392 e. The second kappa shape index (κ2) is 11.0. The van der Waals surface area contributed by atoms with E-state index in [1.165, 1.54) is 0 Å². The highest BCUT2D eigenvalue weighted by Crippen LogP contribution is 2.28. The monoisotopic (exact) mass is 439 g/mol. The fraction of sp³-hybridized carbons (Fsp3) is 0.227. The minimum absolute atomic E-state index is 0.0501. The van der Waals surface area contributed by atoms with Gasteiger partial charge in [0.25, 0.3) is 5.56 Å². The molecule has 0 radical (unpaired) electrons. The summed E-state index contributed by atoms with van der Waals surface area (Å²) in [6.07, 6.45) is -3.67. The van der Waals surface area contributed by atoms with Crippen molar-refractivity contribution in [2.45, 2.75) is 31.8 Å². The van der Waals surface area contributed by atoms with Gasteiger partial charge in [-0.2, -0.15) is 13.2 Å². The number of hydrogen-bond acceptors (Lipinski definition) is 3. The highest BCUT2D eigenvalue weighted by Gasteiger charge is 2.31. The van der Waals surface area contributed by atoms with Gasteiger partial charge in [-0.1, -0.05) is 48.5 Å². The summed E-state index contributed by atoms with van der Waals surface area (Å²) >= 11 is 5.56. The quantitative estimate of drug-likeness (QED) is 0.582. The molecule has 0 saturated carbocycles. The van der Waals surface area contributed by atoms with Crippen LogP contribution in [0.2, 0.25) is 0 Å². The Morgan fingerprint density at radius 3 is 1.67 bits per heavy atom. The average molecular weight is 440 g/mol. The molecule has 0 saturated heterocycles. The van der Waals surface area contributed by atoms with Crippen molar-refractivity contribution in [1.82, 2.24) is 4.57 Å². The first-order valence-electron chi connectivity index (χ1n) is 8.98. The molecule has 1 heterocycles. The normalized spacial score (nSPS) is 11.0. The topological polar surface area (TPSA) is 62.5 Å². The van der Waals surface area contributed by atoms with Gasteiger partial charge in [-0.05, 0) is 28.3 Å². The Hall–Kier alpha value is -2.61. The molecule has 3 aromatic rings. The van der Waals surface area contributed by atoms with Gasteiger partial charge in [0.05, 0.1) is 25.3 Å². The summed E-state index contributed by atoms with van der Waals surface area (Å²) in [4.78, 5) is 11.6. The van der Waals surface area contributed by atoms with Gasteiger partial charge in [-0.3, -0.25) is 4.79 Å². The SMILES string of the molecule is O=c1ccc(C(F)(F)F)cn1Cc1ccc(CO)cc1.OCc1ccc(CCl)cc1. The number of nitrogens with zero attached hydrogens (tertiary/aromatic N) is 1. The summed E-state index contributed by atoms with van der Waals surface area (Å²) in [7, 11) is 0. The molecule has 8 heteroatoms. The molecule has 0 aliphatic heterocycles. The number of pyridine rings is 1. The van der Waals surface area contributed by atoms with E-state index in [9.17, 15) is 18.0 Å². The van der Waals surface area contributed by atoms with E-state index in [2.05, 4.69) is 0 Å². The van der Waals surface area contributed by atoms with E-state index in [0.29, 0.717) is 17.0 Å². The second-order valence-corrected chi connectivity index (χ2v) is 6.73. The molecule has 0 unspecified atom stereocenters. The van der Waals surface area contributed by atoms with Crippen LogP contribution in [0, 0.1) is 0 Å². The fourth-order valence-corrected chi connectivity index (χ4v) is 2.68. The summed E-state index contributed by atoms with van der Waals surface area (Å²) in [5, 5.41) is 17.6. The standard InChI is InChI=1S/C14H12F3NO2.C8H9ClO/c15-14(16,17)12-5-6-13(20)18(8-12)7-10-1-3-11(9-19)4-2-10;9-5-7-1-3-8(6-10)4-2-7/h1-6,8,19H,7,9H2;1-4,10H,5-6H2. The number of benzene rings is 2. The molecular formula is C22H21ClF3NO3. The lowest BCUT2D eigenvalue weighted by Gasteiger charge is -2.11. The van der Waals surface area contributed by atoms with Crippen LogP contribution in [-0.4, -0.2) is 14.8 Å². The van der Waals surface area contributed by atoms with Gasteiger partial charge in [-0.25, -0.2) is 0 Å². The molecule has 30 heavy (non-hydrogen) atoms. The molecule has 2 aromatic carbocycles. The van der Waals surface area contributed by atoms with Crippen LogP contribution >= 0.6 is 11.6 Å². The number of alkyl halides is 4. The molecular weight excluding hydrogens is 419 g/mol. The van der Waals surface area contributed by atoms with Crippen molar-refractivity contribution >= 4 is 11.6 Å². The van der Waals surface area contributed by atoms with Crippen molar-refractivity contribution in [3.8, 4) is 0 Å². The van der Waals surface area contributed by atoms with Crippen LogP contribution in [0.15, 0.2) is 71.7 Å². The lowest BCUT2D eigenvalue weighted by Crippen LogP contribution is -2.21. The largest absolute Gasteiger partial charge is 0.417 e. The predicted molar refractivity (Wildman–Crippen MR) is 109 cm³/mol. The molecule has 0 amide bonds. The van der Waals surface area contributed by atoms with Crippen molar-refractivity contribution in [2.24, 2.45) is 0 Å². The Kier molecular flexibility index (Phi) is 8.65. The van der Waals surface area contributed by atoms with Crippen molar-refractivity contribution in [3.63, 3.8) is 0 Å². The Morgan fingerprint density at radius 2 is 1.23 bits per heavy atom. The van der Waals surface area contributed by atoms with Crippen LogP contribution in [-0.2, 0) is 31.8 Å². The predicted octanol–water partition coefficient (Wildman–Crippen LogP) is 4.33. The highest BCUT2D eigenvalue weighted by molar-refractivity contribution is 6.17. The second-order valence-electron chi connectivity index (χ2n) is 6.46. The zero-order valence-corrected chi connectivity index (χ0v) is 16.7. The molecule has 4 nitrogen and oxygen atoms in total. The van der Waals surface area contributed by atoms with Gasteiger partial charge >= 0.3 is 6.18 Å². The zero-order chi connectivity index (χ0) is 22.1. The summed E-state index contributed by atoms with van der Waals surface area (Å²) < 4.78 is 38.8. The molecule has 3 rings (SSSR count). The summed E-state index contributed by atoms with van der Waals surface area (Å²) in [5.41, 5.74) is 2.04. The number of halogens is 4. The maximum Gasteiger partial charge on any atom is 0.417 e. The van der Waals surface area contributed by atoms with Crippen molar-refractivity contribution < 1.29 is 23.4 Å². The van der Waals surface area contributed by atoms with E-state index >= 15 is 0 Å². The molecule has 2 N–H and O–H groups in total. The third-order valence-corrected chi connectivity index (χ3v) is 4.54. The van der Waals surface area contributed by atoms with Crippen LogP contribution in [0.3, 0.4) is 0 Å². The molecule has 0 aliphatic rings. The number of hydrogen-bond donors (Lipinski definition) is 2. The van der Waals surface area contributed by atoms with Crippen molar-refractivity contribution in [3.05, 3.63) is 105 Å². The molecule has 1 aromatic heterocycles. The highest BCUT2D eigenvalue weighted by atomic mass is 35.5. The molecule has 160 valence electrons. The van der Waals surface area contributed by atoms with E-state index < -0.39 is 17.3 Å². The van der Waals surface area contributed by atoms with Crippen molar-refractivity contribution in [1.29, 1.82) is 0 Å². The average Bonchev–Trinajstić information content (AvgIpc) is 2.75. The van der Waals surface area contributed by atoms with Gasteiger partial charge in [0.2, 0.25) is 0 Å². The maximum absolute atomic E-state index is 12.6. The van der Waals surface area contributed by atoms with Gasteiger partial charge in [0, 0.05) is 18.1 Å². The summed E-state index contributed by atoms with van der Waals surface area (Å²) in [5.74, 6) is 0.533. The van der Waals surface area contributed by atoms with Crippen LogP contribution in [0.1, 0.15) is 27.8 Å². The molecule has 0 spiro atoms. The van der Waals surface area contributed by atoms with Gasteiger partial charge in [0.15, 0.2) is 0 Å². The Bertz CT molecular complexity index is 961. The van der Waals surface area contributed by atoms with E-state index in [4.69, 9.17) is 21.8 Å². The maximum atomic E-state index is 12.6. The lowest BCUT2D eigenvalue weighted by atomic mass is 10.1. The van der Waals surface area contributed by atoms with Crippen molar-refractivity contribution in [2.75, 3.05) is 0 Å². The van der Waals surface area contributed by atoms with E-state index in [0.717, 1.165) is 34.0 Å². The third kappa shape index (κ3) is 7.02. The molecule has 0 bridgehead atoms. The number of rotatable bonds is 5. The number of aliphatic hydroxyl groups excluding tert-OH is 2. The third-order valence-electron chi connectivity index (χ3n) is 4.23. The molecule has 0 aliphatic carbocycles. The Morgan fingerprint density at radius 1 is 0.767 bits per heavy atom. The van der Waals surface area contributed by atoms with Gasteiger partial charge in [-0.15, -0.1) is 11.6 Å². The lowest BCUT2D eigenvalue weighted by molar-refractivity contribution is -0.138. The van der Waals surface area contributed by atoms with Crippen LogP contribution in [0.4, 0.5) is 13.2 Å². The first kappa shape index (κ1) is 23.7. The van der Waals surface area contributed by atoms with Crippen LogP contribution in [0.5, 0.6) is 0 Å². The number of aliphatic hydroxyl groups is 2.